The molecule has 4 N–H and O–H groups in total. The van der Waals surface area contributed by atoms with Crippen molar-refractivity contribution in [1.82, 2.24) is 10.6 Å². The van der Waals surface area contributed by atoms with Crippen LogP contribution in [0.1, 0.15) is 26.3 Å². The van der Waals surface area contributed by atoms with Gasteiger partial charge in [-0.15, -0.1) is 0 Å². The first kappa shape index (κ1) is 20.7. The molecule has 2 aromatic rings. The van der Waals surface area contributed by atoms with Crippen LogP contribution < -0.4 is 26.2 Å². The van der Waals surface area contributed by atoms with E-state index in [1.165, 1.54) is 11.3 Å². The number of hydrogen-bond acceptors (Lipinski definition) is 5. The number of rotatable bonds is 7. The smallest absolute Gasteiger partial charge is 0.251 e. The molecule has 0 saturated carbocycles. The Morgan fingerprint density at radius 3 is 2.24 bits per heavy atom. The highest BCUT2D eigenvalue weighted by Gasteiger charge is 2.22. The van der Waals surface area contributed by atoms with Gasteiger partial charge in [-0.1, -0.05) is 18.2 Å². The average molecular weight is 396 g/mol. The topological polar surface area (TPSA) is 90.7 Å². The van der Waals surface area contributed by atoms with Crippen molar-refractivity contribution in [2.75, 3.05) is 56.1 Å². The van der Waals surface area contributed by atoms with E-state index >= 15 is 0 Å². The lowest BCUT2D eigenvalue weighted by atomic mass is 10.1. The zero-order valence-corrected chi connectivity index (χ0v) is 17.1. The van der Waals surface area contributed by atoms with E-state index in [4.69, 9.17) is 5.73 Å². The second-order valence-electron chi connectivity index (χ2n) is 7.22. The summed E-state index contributed by atoms with van der Waals surface area (Å²) >= 11 is 0. The zero-order chi connectivity index (χ0) is 20.8. The van der Waals surface area contributed by atoms with Crippen LogP contribution >= 0.6 is 0 Å². The lowest BCUT2D eigenvalue weighted by molar-refractivity contribution is 0.0954. The fourth-order valence-electron chi connectivity index (χ4n) is 3.66. The molecule has 0 atom stereocenters. The van der Waals surface area contributed by atoms with E-state index in [2.05, 4.69) is 45.6 Å². The number of nitrogens with two attached hydrogens (primary N) is 1. The molecule has 3 rings (SSSR count). The van der Waals surface area contributed by atoms with Crippen LogP contribution in [-0.2, 0) is 0 Å². The van der Waals surface area contributed by atoms with Crippen LogP contribution in [0.3, 0.4) is 0 Å². The van der Waals surface area contributed by atoms with Crippen LogP contribution in [0.25, 0.3) is 0 Å². The molecule has 2 amide bonds. The van der Waals surface area contributed by atoms with Crippen molar-refractivity contribution in [3.8, 4) is 0 Å². The van der Waals surface area contributed by atoms with Gasteiger partial charge in [0.15, 0.2) is 0 Å². The van der Waals surface area contributed by atoms with Gasteiger partial charge < -0.3 is 26.2 Å². The molecule has 7 heteroatoms. The van der Waals surface area contributed by atoms with Crippen LogP contribution in [0.5, 0.6) is 0 Å². The molecule has 29 heavy (non-hydrogen) atoms. The van der Waals surface area contributed by atoms with Crippen molar-refractivity contribution in [1.29, 1.82) is 0 Å². The molecule has 1 saturated heterocycles. The molecule has 0 spiro atoms. The minimum Gasteiger partial charge on any atom is -0.368 e. The molecule has 0 unspecified atom stereocenters. The molecule has 1 fully saturated rings. The highest BCUT2D eigenvalue weighted by Crippen LogP contribution is 2.26. The number of piperazine rings is 1. The Hall–Kier alpha value is -3.06. The number of hydrogen-bond donors (Lipinski definition) is 3. The van der Waals surface area contributed by atoms with Gasteiger partial charge in [0.05, 0.1) is 5.56 Å². The van der Waals surface area contributed by atoms with Crippen LogP contribution in [0.4, 0.5) is 11.4 Å². The number of carbonyl (C=O) groups is 2. The maximum Gasteiger partial charge on any atom is 0.251 e. The molecule has 1 heterocycles. The van der Waals surface area contributed by atoms with Gasteiger partial charge in [0.25, 0.3) is 11.8 Å². The number of aryl methyl sites for hydroxylation is 1. The minimum atomic E-state index is -0.522. The van der Waals surface area contributed by atoms with E-state index in [-0.39, 0.29) is 5.91 Å². The van der Waals surface area contributed by atoms with E-state index in [1.807, 2.05) is 19.2 Å². The molecule has 1 aliphatic heterocycles. The Balaban J connectivity index is 1.73. The van der Waals surface area contributed by atoms with Gasteiger partial charge in [0.2, 0.25) is 0 Å². The molecular formula is C22H29N5O2. The Kier molecular flexibility index (Phi) is 6.72. The summed E-state index contributed by atoms with van der Waals surface area (Å²) in [6.45, 7) is 6.59. The molecule has 0 radical (unpaired) electrons. The maximum atomic E-state index is 12.3. The van der Waals surface area contributed by atoms with Gasteiger partial charge in [-0.2, -0.15) is 0 Å². The quantitative estimate of drug-likeness (QED) is 0.616. The second-order valence-corrected chi connectivity index (χ2v) is 7.22. The van der Waals surface area contributed by atoms with E-state index < -0.39 is 5.91 Å². The highest BCUT2D eigenvalue weighted by molar-refractivity contribution is 6.03. The third-order valence-corrected chi connectivity index (χ3v) is 5.26. The first-order valence-electron chi connectivity index (χ1n) is 9.93. The van der Waals surface area contributed by atoms with Gasteiger partial charge in [-0.05, 0) is 43.8 Å². The number of nitrogens with zero attached hydrogens (tertiary/aromatic N) is 2. The van der Waals surface area contributed by atoms with Crippen LogP contribution in [-0.4, -0.2) is 58.1 Å². The van der Waals surface area contributed by atoms with Crippen molar-refractivity contribution in [2.24, 2.45) is 5.73 Å². The standard InChI is InChI=1S/C22H29N5O2/c1-16-5-3-4-6-19(16)26-11-13-27(14-12-26)20-8-7-17(15-18(20)21(23)28)22(29)25-10-9-24-2/h3-8,15,24H,9-14H2,1-2H3,(H2,23,28)(H,25,29). The van der Waals surface area contributed by atoms with Gasteiger partial charge >= 0.3 is 0 Å². The number of nitrogens with one attached hydrogen (secondary N) is 2. The summed E-state index contributed by atoms with van der Waals surface area (Å²) in [5.74, 6) is -0.732. The summed E-state index contributed by atoms with van der Waals surface area (Å²) in [5.41, 5.74) is 9.75. The summed E-state index contributed by atoms with van der Waals surface area (Å²) in [6.07, 6.45) is 0. The largest absolute Gasteiger partial charge is 0.368 e. The predicted molar refractivity (Wildman–Crippen MR) is 117 cm³/mol. The van der Waals surface area contributed by atoms with Crippen LogP contribution in [0.15, 0.2) is 42.5 Å². The van der Waals surface area contributed by atoms with Gasteiger partial charge in [-0.3, -0.25) is 9.59 Å². The summed E-state index contributed by atoms with van der Waals surface area (Å²) in [4.78, 5) is 28.9. The SMILES string of the molecule is CNCCNC(=O)c1ccc(N2CCN(c3ccccc3C)CC2)c(C(N)=O)c1. The normalized spacial score (nSPS) is 14.0. The van der Waals surface area contributed by atoms with E-state index in [0.29, 0.717) is 24.2 Å². The molecule has 7 nitrogen and oxygen atoms in total. The van der Waals surface area contributed by atoms with E-state index in [9.17, 15) is 9.59 Å². The minimum absolute atomic E-state index is 0.210. The molecule has 0 bridgehead atoms. The Morgan fingerprint density at radius 2 is 1.62 bits per heavy atom. The summed E-state index contributed by atoms with van der Waals surface area (Å²) < 4.78 is 0. The van der Waals surface area contributed by atoms with E-state index in [1.54, 1.807) is 12.1 Å². The molecule has 0 aliphatic carbocycles. The van der Waals surface area contributed by atoms with Gasteiger partial charge in [-0.25, -0.2) is 0 Å². The summed E-state index contributed by atoms with van der Waals surface area (Å²) in [6, 6.07) is 13.5. The predicted octanol–water partition coefficient (Wildman–Crippen LogP) is 1.37. The third-order valence-electron chi connectivity index (χ3n) is 5.26. The Bertz CT molecular complexity index is 875. The fourth-order valence-corrected chi connectivity index (χ4v) is 3.66. The second kappa shape index (κ2) is 9.43. The number of amides is 2. The van der Waals surface area contributed by atoms with Gasteiger partial charge in [0, 0.05) is 56.2 Å². The van der Waals surface area contributed by atoms with E-state index in [0.717, 1.165) is 31.9 Å². The number of likely N-dealkylation sites (N-methyl/N-ethyl adjacent to an activating group) is 1. The Labute approximate surface area is 171 Å². The fraction of sp³-hybridized carbons (Fsp3) is 0.364. The van der Waals surface area contributed by atoms with Crippen molar-refractivity contribution in [3.63, 3.8) is 0 Å². The van der Waals surface area contributed by atoms with Crippen molar-refractivity contribution < 1.29 is 9.59 Å². The molecule has 0 aromatic heterocycles. The molecule has 1 aliphatic rings. The summed E-state index contributed by atoms with van der Waals surface area (Å²) in [7, 11) is 1.82. The lowest BCUT2D eigenvalue weighted by Crippen LogP contribution is -2.47. The Morgan fingerprint density at radius 1 is 0.966 bits per heavy atom. The molecule has 2 aromatic carbocycles. The first-order valence-corrected chi connectivity index (χ1v) is 9.93. The highest BCUT2D eigenvalue weighted by atomic mass is 16.2. The van der Waals surface area contributed by atoms with Gasteiger partial charge in [0.1, 0.15) is 0 Å². The van der Waals surface area contributed by atoms with Crippen LogP contribution in [0, 0.1) is 6.92 Å². The first-order chi connectivity index (χ1) is 14.0. The molecule has 154 valence electrons. The molecular weight excluding hydrogens is 366 g/mol. The van der Waals surface area contributed by atoms with Crippen molar-refractivity contribution in [3.05, 3.63) is 59.2 Å². The number of carbonyl (C=O) groups excluding carboxylic acids is 2. The number of benzene rings is 2. The average Bonchev–Trinajstić information content (AvgIpc) is 2.74. The number of anilines is 2. The summed E-state index contributed by atoms with van der Waals surface area (Å²) in [5, 5.41) is 5.80. The maximum absolute atomic E-state index is 12.3. The third kappa shape index (κ3) is 4.86. The zero-order valence-electron chi connectivity index (χ0n) is 17.1. The van der Waals surface area contributed by atoms with Crippen LogP contribution in [0.2, 0.25) is 0 Å². The lowest BCUT2D eigenvalue weighted by Gasteiger charge is -2.38. The van der Waals surface area contributed by atoms with Crippen molar-refractivity contribution in [2.45, 2.75) is 6.92 Å². The van der Waals surface area contributed by atoms with Crippen molar-refractivity contribution >= 4 is 23.2 Å². The number of para-hydroxylation sites is 1. The monoisotopic (exact) mass is 395 g/mol. The number of primary amides is 1.